The Balaban J connectivity index is 1.52. The third-order valence-electron chi connectivity index (χ3n) is 6.55. The number of hydrogen-bond donors (Lipinski definition) is 3. The molecule has 0 bridgehead atoms. The average molecular weight is 543 g/mol. The van der Waals surface area contributed by atoms with E-state index in [0.29, 0.717) is 41.3 Å². The Kier molecular flexibility index (Phi) is 8.64. The zero-order chi connectivity index (χ0) is 27.9. The standard InChI is InChI=1S/C30H27ClN4O4/c1-3-19-4-10-24(11-5-19)33-30(38)25-16-23(31)17-26(39-2)27(25)34-29(37)22-8-6-21(7-9-22)28(32)35-14-12-20(18-36)13-15-35/h1,4-11,16-18,20,32H,12-15H2,2H3,(H,33,38)(H,34,37). The SMILES string of the molecule is C#Cc1ccc(NC(=O)c2cc(Cl)cc(OC)c2NC(=O)c2ccc(C(=N)N3CCC(C=O)CC3)cc2)cc1. The fourth-order valence-electron chi connectivity index (χ4n) is 4.31. The maximum Gasteiger partial charge on any atom is 0.257 e. The molecule has 0 aliphatic carbocycles. The van der Waals surface area contributed by atoms with Crippen LogP contribution in [0.25, 0.3) is 0 Å². The van der Waals surface area contributed by atoms with Crippen LogP contribution in [0.5, 0.6) is 5.75 Å². The molecule has 3 aromatic rings. The summed E-state index contributed by atoms with van der Waals surface area (Å²) in [6.07, 6.45) is 7.82. The van der Waals surface area contributed by atoms with Gasteiger partial charge < -0.3 is 25.1 Å². The van der Waals surface area contributed by atoms with Crippen LogP contribution in [0, 0.1) is 23.7 Å². The highest BCUT2D eigenvalue weighted by atomic mass is 35.5. The van der Waals surface area contributed by atoms with Crippen molar-refractivity contribution in [3.8, 4) is 18.1 Å². The predicted molar refractivity (Wildman–Crippen MR) is 152 cm³/mol. The lowest BCUT2D eigenvalue weighted by molar-refractivity contribution is -0.112. The maximum atomic E-state index is 13.2. The molecule has 0 radical (unpaired) electrons. The van der Waals surface area contributed by atoms with Crippen molar-refractivity contribution in [2.24, 2.45) is 5.92 Å². The van der Waals surface area contributed by atoms with E-state index in [2.05, 4.69) is 16.6 Å². The molecule has 2 amide bonds. The number of rotatable bonds is 7. The number of piperidine rings is 1. The number of nitrogens with zero attached hydrogens (tertiary/aromatic N) is 1. The van der Waals surface area contributed by atoms with E-state index < -0.39 is 11.8 Å². The summed E-state index contributed by atoms with van der Waals surface area (Å²) in [7, 11) is 1.42. The highest BCUT2D eigenvalue weighted by Crippen LogP contribution is 2.33. The van der Waals surface area contributed by atoms with E-state index in [-0.39, 0.29) is 27.9 Å². The van der Waals surface area contributed by atoms with Gasteiger partial charge in [-0.25, -0.2) is 0 Å². The Hall–Kier alpha value is -4.61. The lowest BCUT2D eigenvalue weighted by atomic mass is 9.98. The summed E-state index contributed by atoms with van der Waals surface area (Å²) < 4.78 is 5.41. The van der Waals surface area contributed by atoms with Crippen molar-refractivity contribution in [1.29, 1.82) is 5.41 Å². The molecule has 3 aromatic carbocycles. The van der Waals surface area contributed by atoms with E-state index in [1.54, 1.807) is 48.5 Å². The van der Waals surface area contributed by atoms with Gasteiger partial charge in [-0.05, 0) is 55.3 Å². The minimum atomic E-state index is -0.498. The molecule has 9 heteroatoms. The fraction of sp³-hybridized carbons (Fsp3) is 0.200. The molecule has 0 aromatic heterocycles. The third kappa shape index (κ3) is 6.46. The molecule has 39 heavy (non-hydrogen) atoms. The number of nitrogens with one attached hydrogen (secondary N) is 3. The van der Waals surface area contributed by atoms with Crippen LogP contribution in [-0.4, -0.2) is 49.0 Å². The third-order valence-corrected chi connectivity index (χ3v) is 6.77. The Bertz CT molecular complexity index is 1440. The zero-order valence-corrected chi connectivity index (χ0v) is 22.0. The van der Waals surface area contributed by atoms with E-state index in [0.717, 1.165) is 19.1 Å². The van der Waals surface area contributed by atoms with Gasteiger partial charge in [-0.1, -0.05) is 29.7 Å². The number of carbonyl (C=O) groups excluding carboxylic acids is 3. The smallest absolute Gasteiger partial charge is 0.257 e. The molecule has 0 unspecified atom stereocenters. The Labute approximate surface area is 231 Å². The summed E-state index contributed by atoms with van der Waals surface area (Å²) >= 11 is 6.23. The Morgan fingerprint density at radius 2 is 1.67 bits per heavy atom. The van der Waals surface area contributed by atoms with E-state index in [1.807, 2.05) is 4.90 Å². The van der Waals surface area contributed by atoms with Crippen molar-refractivity contribution in [2.75, 3.05) is 30.8 Å². The van der Waals surface area contributed by atoms with Gasteiger partial charge >= 0.3 is 0 Å². The number of amides is 2. The molecule has 4 rings (SSSR count). The van der Waals surface area contributed by atoms with Gasteiger partial charge in [-0.2, -0.15) is 0 Å². The van der Waals surface area contributed by atoms with Gasteiger partial charge in [0.05, 0.1) is 18.4 Å². The summed E-state index contributed by atoms with van der Waals surface area (Å²) in [5.41, 5.74) is 2.47. The summed E-state index contributed by atoms with van der Waals surface area (Å²) in [5.74, 6) is 2.17. The number of methoxy groups -OCH3 is 1. The van der Waals surface area contributed by atoms with Crippen molar-refractivity contribution >= 4 is 46.9 Å². The van der Waals surface area contributed by atoms with Gasteiger partial charge in [-0.3, -0.25) is 15.0 Å². The van der Waals surface area contributed by atoms with Crippen molar-refractivity contribution in [2.45, 2.75) is 12.8 Å². The normalized spacial score (nSPS) is 13.2. The van der Waals surface area contributed by atoms with Gasteiger partial charge in [0.2, 0.25) is 0 Å². The number of carbonyl (C=O) groups is 3. The molecule has 0 spiro atoms. The highest BCUT2D eigenvalue weighted by molar-refractivity contribution is 6.31. The van der Waals surface area contributed by atoms with Crippen LogP contribution in [-0.2, 0) is 4.79 Å². The number of benzene rings is 3. The molecule has 3 N–H and O–H groups in total. The van der Waals surface area contributed by atoms with Crippen LogP contribution in [0.1, 0.15) is 44.7 Å². The van der Waals surface area contributed by atoms with Crippen LogP contribution in [0.15, 0.2) is 60.7 Å². The fourth-order valence-corrected chi connectivity index (χ4v) is 4.51. The van der Waals surface area contributed by atoms with Crippen molar-refractivity contribution in [1.82, 2.24) is 4.90 Å². The molecular weight excluding hydrogens is 516 g/mol. The van der Waals surface area contributed by atoms with Crippen molar-refractivity contribution < 1.29 is 19.1 Å². The molecular formula is C30H27ClN4O4. The average Bonchev–Trinajstić information content (AvgIpc) is 2.97. The van der Waals surface area contributed by atoms with Gasteiger partial charge in [0.15, 0.2) is 0 Å². The lowest BCUT2D eigenvalue weighted by Crippen LogP contribution is -2.38. The highest BCUT2D eigenvalue weighted by Gasteiger charge is 2.23. The van der Waals surface area contributed by atoms with E-state index in [9.17, 15) is 14.4 Å². The summed E-state index contributed by atoms with van der Waals surface area (Å²) in [6, 6.07) is 16.4. The summed E-state index contributed by atoms with van der Waals surface area (Å²) in [5, 5.41) is 14.3. The molecule has 1 heterocycles. The van der Waals surface area contributed by atoms with Crippen LogP contribution >= 0.6 is 11.6 Å². The largest absolute Gasteiger partial charge is 0.494 e. The molecule has 0 atom stereocenters. The second-order valence-electron chi connectivity index (χ2n) is 9.05. The van der Waals surface area contributed by atoms with Crippen molar-refractivity contribution in [3.63, 3.8) is 0 Å². The number of anilines is 2. The van der Waals surface area contributed by atoms with Crippen LogP contribution in [0.2, 0.25) is 5.02 Å². The van der Waals surface area contributed by atoms with Crippen LogP contribution in [0.4, 0.5) is 11.4 Å². The quantitative estimate of drug-likeness (QED) is 0.167. The minimum absolute atomic E-state index is 0.0472. The topological polar surface area (TPSA) is 112 Å². The number of amidine groups is 1. The zero-order valence-electron chi connectivity index (χ0n) is 21.3. The molecule has 1 aliphatic heterocycles. The monoisotopic (exact) mass is 542 g/mol. The number of likely N-dealkylation sites (tertiary alicyclic amines) is 1. The molecule has 1 fully saturated rings. The number of ether oxygens (including phenoxy) is 1. The molecule has 1 saturated heterocycles. The van der Waals surface area contributed by atoms with E-state index >= 15 is 0 Å². The summed E-state index contributed by atoms with van der Waals surface area (Å²) in [6.45, 7) is 1.28. The predicted octanol–water partition coefficient (Wildman–Crippen LogP) is 5.07. The van der Waals surface area contributed by atoms with E-state index in [4.69, 9.17) is 28.2 Å². The number of aldehydes is 1. The van der Waals surface area contributed by atoms with Crippen molar-refractivity contribution in [3.05, 3.63) is 87.9 Å². The second kappa shape index (κ2) is 12.3. The molecule has 0 saturated carbocycles. The number of hydrogen-bond acceptors (Lipinski definition) is 5. The molecule has 8 nitrogen and oxygen atoms in total. The summed E-state index contributed by atoms with van der Waals surface area (Å²) in [4.78, 5) is 39.3. The Morgan fingerprint density at radius 3 is 2.26 bits per heavy atom. The van der Waals surface area contributed by atoms with Gasteiger partial charge in [0.25, 0.3) is 11.8 Å². The first-order chi connectivity index (χ1) is 18.8. The van der Waals surface area contributed by atoms with E-state index in [1.165, 1.54) is 19.2 Å². The number of terminal acetylenes is 1. The first-order valence-corrected chi connectivity index (χ1v) is 12.7. The second-order valence-corrected chi connectivity index (χ2v) is 9.48. The van der Waals surface area contributed by atoms with Gasteiger partial charge in [0, 0.05) is 52.5 Å². The van der Waals surface area contributed by atoms with Crippen LogP contribution < -0.4 is 15.4 Å². The van der Waals surface area contributed by atoms with Crippen LogP contribution in [0.3, 0.4) is 0 Å². The first kappa shape index (κ1) is 27.4. The maximum absolute atomic E-state index is 13.2. The molecule has 1 aliphatic rings. The van der Waals surface area contributed by atoms with Gasteiger partial charge in [0.1, 0.15) is 17.9 Å². The van der Waals surface area contributed by atoms with Gasteiger partial charge in [-0.15, -0.1) is 6.42 Å². The lowest BCUT2D eigenvalue weighted by Gasteiger charge is -2.31. The Morgan fingerprint density at radius 1 is 1.03 bits per heavy atom. The minimum Gasteiger partial charge on any atom is -0.494 e. The number of halogens is 1. The molecule has 198 valence electrons. The first-order valence-electron chi connectivity index (χ1n) is 12.3.